The number of aromatic nitrogens is 2. The summed E-state index contributed by atoms with van der Waals surface area (Å²) in [7, 11) is 0. The fraction of sp³-hybridized carbons (Fsp3) is 0.143. The molecule has 0 aliphatic carbocycles. The quantitative estimate of drug-likeness (QED) is 0.524. The number of alkyl halides is 1. The Hall–Kier alpha value is -0.870. The van der Waals surface area contributed by atoms with E-state index in [9.17, 15) is 0 Å². The van der Waals surface area contributed by atoms with Crippen molar-refractivity contribution in [2.45, 2.75) is 6.00 Å². The number of nitrogens with zero attached hydrogens (tertiary/aromatic N) is 2. The van der Waals surface area contributed by atoms with E-state index in [2.05, 4.69) is 4.98 Å². The third-order valence-corrected chi connectivity index (χ3v) is 2.09. The van der Waals surface area contributed by atoms with Gasteiger partial charge in [0.25, 0.3) is 4.84 Å². The van der Waals surface area contributed by atoms with Crippen LogP contribution in [0.1, 0.15) is 0 Å². The van der Waals surface area contributed by atoms with Crippen LogP contribution in [-0.4, -0.2) is 9.55 Å². The maximum Gasteiger partial charge on any atom is 0.271 e. The summed E-state index contributed by atoms with van der Waals surface area (Å²) in [5, 5.41) is 0. The van der Waals surface area contributed by atoms with Crippen molar-refractivity contribution in [3.8, 4) is 0 Å². The van der Waals surface area contributed by atoms with E-state index in [0.717, 1.165) is 0 Å². The van der Waals surface area contributed by atoms with Gasteiger partial charge < -0.3 is 4.42 Å². The second kappa shape index (κ2) is 2.88. The summed E-state index contributed by atoms with van der Waals surface area (Å²) >= 11 is 10.6. The topological polar surface area (TPSA) is 31.0 Å². The molecule has 5 heteroatoms. The van der Waals surface area contributed by atoms with Crippen molar-refractivity contribution in [1.82, 2.24) is 9.55 Å². The van der Waals surface area contributed by atoms with Gasteiger partial charge in [-0.05, 0) is 24.4 Å². The van der Waals surface area contributed by atoms with E-state index in [1.807, 2.05) is 0 Å². The number of pyridine rings is 1. The van der Waals surface area contributed by atoms with Crippen LogP contribution in [0.5, 0.6) is 0 Å². The lowest BCUT2D eigenvalue weighted by Crippen LogP contribution is -1.92. The molecule has 0 saturated heterocycles. The predicted octanol–water partition coefficient (Wildman–Crippen LogP) is 2.56. The first kappa shape index (κ1) is 7.76. The van der Waals surface area contributed by atoms with E-state index < -0.39 is 0 Å². The molecule has 2 rings (SSSR count). The molecule has 2 aromatic heterocycles. The average molecular weight is 201 g/mol. The molecular formula is C7H5ClN2OS. The van der Waals surface area contributed by atoms with E-state index in [0.29, 0.717) is 16.1 Å². The third-order valence-electron chi connectivity index (χ3n) is 1.54. The fourth-order valence-electron chi connectivity index (χ4n) is 1.01. The minimum Gasteiger partial charge on any atom is -0.427 e. The Morgan fingerprint density at radius 3 is 3.25 bits per heavy atom. The summed E-state index contributed by atoms with van der Waals surface area (Å²) in [5.74, 6) is 0. The zero-order valence-corrected chi connectivity index (χ0v) is 7.60. The lowest BCUT2D eigenvalue weighted by molar-refractivity contribution is 0.556. The molecule has 0 radical (unpaired) electrons. The molecule has 0 bridgehead atoms. The lowest BCUT2D eigenvalue weighted by atomic mass is 10.5. The Bertz CT molecular complexity index is 462. The van der Waals surface area contributed by atoms with E-state index in [1.54, 1.807) is 22.9 Å². The van der Waals surface area contributed by atoms with E-state index in [1.165, 1.54) is 0 Å². The smallest absolute Gasteiger partial charge is 0.271 e. The van der Waals surface area contributed by atoms with Gasteiger partial charge in [-0.3, -0.25) is 4.57 Å². The average Bonchev–Trinajstić information content (AvgIpc) is 2.40. The van der Waals surface area contributed by atoms with Crippen LogP contribution < -0.4 is 0 Å². The van der Waals surface area contributed by atoms with Gasteiger partial charge in [0.05, 0.1) is 0 Å². The molecule has 0 spiro atoms. The highest BCUT2D eigenvalue weighted by Crippen LogP contribution is 2.14. The molecule has 0 aliphatic rings. The van der Waals surface area contributed by atoms with Gasteiger partial charge in [-0.2, -0.15) is 0 Å². The number of rotatable bonds is 1. The largest absolute Gasteiger partial charge is 0.427 e. The van der Waals surface area contributed by atoms with Crippen LogP contribution in [0.4, 0.5) is 0 Å². The van der Waals surface area contributed by atoms with Crippen molar-refractivity contribution in [1.29, 1.82) is 0 Å². The Morgan fingerprint density at radius 1 is 1.67 bits per heavy atom. The first-order chi connectivity index (χ1) is 5.83. The Labute approximate surface area is 78.6 Å². The van der Waals surface area contributed by atoms with Crippen LogP contribution in [0.2, 0.25) is 0 Å². The van der Waals surface area contributed by atoms with Gasteiger partial charge >= 0.3 is 0 Å². The monoisotopic (exact) mass is 200 g/mol. The van der Waals surface area contributed by atoms with Crippen LogP contribution in [0.25, 0.3) is 11.2 Å². The maximum atomic E-state index is 5.65. The summed E-state index contributed by atoms with van der Waals surface area (Å²) in [5.41, 5.74) is 1.36. The van der Waals surface area contributed by atoms with Crippen molar-refractivity contribution in [3.05, 3.63) is 23.2 Å². The highest BCUT2D eigenvalue weighted by atomic mass is 35.5. The molecule has 0 aromatic carbocycles. The van der Waals surface area contributed by atoms with Gasteiger partial charge in [-0.25, -0.2) is 4.98 Å². The molecule has 0 N–H and O–H groups in total. The summed E-state index contributed by atoms with van der Waals surface area (Å²) in [6, 6.07) is 3.86. The first-order valence-corrected chi connectivity index (χ1v) is 4.27. The van der Waals surface area contributed by atoms with Crippen molar-refractivity contribution < 1.29 is 4.42 Å². The van der Waals surface area contributed by atoms with Gasteiger partial charge in [0.2, 0.25) is 0 Å². The SMILES string of the molecule is S=c1oc2cccnc2n1CCl. The molecule has 0 atom stereocenters. The van der Waals surface area contributed by atoms with Gasteiger partial charge in [-0.1, -0.05) is 0 Å². The standard InChI is InChI=1S/C7H5ClN2OS/c8-4-10-6-5(11-7(10)12)2-1-3-9-6/h1-3H,4H2. The van der Waals surface area contributed by atoms with E-state index >= 15 is 0 Å². The van der Waals surface area contributed by atoms with Crippen molar-refractivity contribution >= 4 is 35.0 Å². The molecule has 0 aliphatic heterocycles. The minimum absolute atomic E-state index is 0.267. The molecule has 0 fully saturated rings. The summed E-state index contributed by atoms with van der Waals surface area (Å²) < 4.78 is 6.85. The van der Waals surface area contributed by atoms with Crippen LogP contribution >= 0.6 is 23.8 Å². The van der Waals surface area contributed by atoms with Crippen LogP contribution in [0.15, 0.2) is 22.7 Å². The molecule has 12 heavy (non-hydrogen) atoms. The first-order valence-electron chi connectivity index (χ1n) is 3.33. The minimum atomic E-state index is 0.267. The Morgan fingerprint density at radius 2 is 2.50 bits per heavy atom. The normalized spacial score (nSPS) is 10.8. The highest BCUT2D eigenvalue weighted by Gasteiger charge is 2.04. The molecule has 2 heterocycles. The Kier molecular flexibility index (Phi) is 1.86. The van der Waals surface area contributed by atoms with Gasteiger partial charge in [-0.15, -0.1) is 11.6 Å². The zero-order valence-electron chi connectivity index (χ0n) is 6.03. The van der Waals surface area contributed by atoms with Crippen molar-refractivity contribution in [2.75, 3.05) is 0 Å². The maximum absolute atomic E-state index is 5.65. The molecule has 62 valence electrons. The van der Waals surface area contributed by atoms with Gasteiger partial charge in [0, 0.05) is 6.20 Å². The lowest BCUT2D eigenvalue weighted by Gasteiger charge is -1.91. The molecule has 3 nitrogen and oxygen atoms in total. The summed E-state index contributed by atoms with van der Waals surface area (Å²) in [6.45, 7) is 0. The number of oxazole rings is 1. The fourth-order valence-corrected chi connectivity index (χ4v) is 1.54. The van der Waals surface area contributed by atoms with Gasteiger partial charge in [0.1, 0.15) is 6.00 Å². The number of hydrogen-bond acceptors (Lipinski definition) is 3. The van der Waals surface area contributed by atoms with Crippen LogP contribution in [0.3, 0.4) is 0 Å². The number of hydrogen-bond donors (Lipinski definition) is 0. The number of halogens is 1. The summed E-state index contributed by atoms with van der Waals surface area (Å²) in [6.07, 6.45) is 1.68. The second-order valence-corrected chi connectivity index (χ2v) is 2.83. The second-order valence-electron chi connectivity index (χ2n) is 2.24. The zero-order chi connectivity index (χ0) is 8.55. The van der Waals surface area contributed by atoms with Crippen LogP contribution in [0, 0.1) is 4.84 Å². The predicted molar refractivity (Wildman–Crippen MR) is 48.7 cm³/mol. The molecule has 0 unspecified atom stereocenters. The van der Waals surface area contributed by atoms with Crippen molar-refractivity contribution in [2.24, 2.45) is 0 Å². The summed E-state index contributed by atoms with van der Waals surface area (Å²) in [4.78, 5) is 4.45. The molecule has 0 amide bonds. The number of fused-ring (bicyclic) bond motifs is 1. The van der Waals surface area contributed by atoms with E-state index in [4.69, 9.17) is 28.2 Å². The molecule has 2 aromatic rings. The molecular weight excluding hydrogens is 196 g/mol. The van der Waals surface area contributed by atoms with Crippen LogP contribution in [-0.2, 0) is 6.00 Å². The third kappa shape index (κ3) is 1.04. The van der Waals surface area contributed by atoms with Gasteiger partial charge in [0.15, 0.2) is 11.2 Å². The highest BCUT2D eigenvalue weighted by molar-refractivity contribution is 7.71. The Balaban J connectivity index is 2.91. The van der Waals surface area contributed by atoms with Crippen molar-refractivity contribution in [3.63, 3.8) is 0 Å². The molecule has 0 saturated carbocycles. The van der Waals surface area contributed by atoms with E-state index in [-0.39, 0.29) is 6.00 Å².